The Bertz CT molecular complexity index is 581. The summed E-state index contributed by atoms with van der Waals surface area (Å²) in [6.07, 6.45) is 1.45. The summed E-state index contributed by atoms with van der Waals surface area (Å²) < 4.78 is 5.81. The molecular weight excluding hydrogens is 336 g/mol. The highest BCUT2D eigenvalue weighted by Gasteiger charge is 2.37. The molecular formula is C19H30N2O3S. The summed E-state index contributed by atoms with van der Waals surface area (Å²) in [4.78, 5) is 18.4. The van der Waals surface area contributed by atoms with Crippen LogP contribution in [0.25, 0.3) is 0 Å². The average Bonchev–Trinajstić information content (AvgIpc) is 3.19. The van der Waals surface area contributed by atoms with Gasteiger partial charge in [0.2, 0.25) is 0 Å². The van der Waals surface area contributed by atoms with Crippen molar-refractivity contribution in [1.82, 2.24) is 9.80 Å². The molecule has 1 amide bonds. The predicted octanol–water partition coefficient (Wildman–Crippen LogP) is 2.10. The fourth-order valence-corrected chi connectivity index (χ4v) is 4.95. The van der Waals surface area contributed by atoms with Crippen LogP contribution in [-0.4, -0.2) is 72.4 Å². The Morgan fingerprint density at radius 1 is 1.24 bits per heavy atom. The molecule has 0 radical (unpaired) electrons. The van der Waals surface area contributed by atoms with Crippen LogP contribution in [0.3, 0.4) is 0 Å². The van der Waals surface area contributed by atoms with Crippen molar-refractivity contribution >= 4 is 17.2 Å². The Morgan fingerprint density at radius 3 is 2.52 bits per heavy atom. The third kappa shape index (κ3) is 4.42. The molecule has 2 saturated heterocycles. The van der Waals surface area contributed by atoms with Crippen LogP contribution < -0.4 is 0 Å². The van der Waals surface area contributed by atoms with E-state index in [1.165, 1.54) is 4.88 Å². The smallest absolute Gasteiger partial charge is 0.254 e. The molecule has 0 spiro atoms. The maximum atomic E-state index is 12.8. The molecule has 1 N–H and O–H groups in total. The quantitative estimate of drug-likeness (QED) is 0.867. The summed E-state index contributed by atoms with van der Waals surface area (Å²) in [6, 6.07) is 2.01. The van der Waals surface area contributed by atoms with E-state index in [2.05, 4.69) is 25.7 Å². The fourth-order valence-electron chi connectivity index (χ4n) is 4.14. The summed E-state index contributed by atoms with van der Waals surface area (Å²) in [5, 5.41) is 11.8. The molecule has 3 rings (SSSR count). The van der Waals surface area contributed by atoms with Gasteiger partial charge >= 0.3 is 0 Å². The van der Waals surface area contributed by atoms with Crippen LogP contribution in [0.1, 0.15) is 36.0 Å². The second-order valence-electron chi connectivity index (χ2n) is 7.54. The van der Waals surface area contributed by atoms with Gasteiger partial charge in [0.05, 0.1) is 17.8 Å². The minimum absolute atomic E-state index is 0.112. The van der Waals surface area contributed by atoms with E-state index in [1.807, 2.05) is 16.3 Å². The van der Waals surface area contributed by atoms with E-state index in [-0.39, 0.29) is 30.6 Å². The standard InChI is InChI=1S/C19H30N2O3S/c1-4-18-5-15(12-25-18)19(23)21-9-16(17(10-21)11-22)8-20-6-13(2)24-14(3)7-20/h5,12-14,16-17,22H,4,6-11H2,1-3H3/t13-,14+,16-,17-/m1/s1. The molecule has 4 atom stereocenters. The summed E-state index contributed by atoms with van der Waals surface area (Å²) in [5.74, 6) is 0.609. The number of aliphatic hydroxyl groups excluding tert-OH is 1. The number of carbonyl (C=O) groups is 1. The number of thiophene rings is 1. The average molecular weight is 367 g/mol. The van der Waals surface area contributed by atoms with Crippen LogP contribution in [0.4, 0.5) is 0 Å². The van der Waals surface area contributed by atoms with Crippen molar-refractivity contribution in [3.8, 4) is 0 Å². The van der Waals surface area contributed by atoms with Crippen LogP contribution in [0, 0.1) is 11.8 Å². The molecule has 2 aliphatic rings. The van der Waals surface area contributed by atoms with Crippen LogP contribution in [0.5, 0.6) is 0 Å². The van der Waals surface area contributed by atoms with E-state index in [1.54, 1.807) is 11.3 Å². The molecule has 0 aromatic carbocycles. The molecule has 0 bridgehead atoms. The van der Waals surface area contributed by atoms with Crippen molar-refractivity contribution in [2.45, 2.75) is 39.4 Å². The van der Waals surface area contributed by atoms with Gasteiger partial charge in [-0.2, -0.15) is 0 Å². The SMILES string of the molecule is CCc1cc(C(=O)N2C[C@@H](CN3C[C@@H](C)O[C@@H](C)C3)[C@@H](CO)C2)cs1. The third-order valence-corrected chi connectivity index (χ3v) is 6.42. The Kier molecular flexibility index (Phi) is 6.15. The molecule has 0 aliphatic carbocycles. The number of hydrogen-bond acceptors (Lipinski definition) is 5. The maximum Gasteiger partial charge on any atom is 0.254 e. The number of ether oxygens (including phenoxy) is 1. The molecule has 0 saturated carbocycles. The van der Waals surface area contributed by atoms with Crippen molar-refractivity contribution < 1.29 is 14.6 Å². The van der Waals surface area contributed by atoms with E-state index >= 15 is 0 Å². The van der Waals surface area contributed by atoms with Crippen molar-refractivity contribution in [1.29, 1.82) is 0 Å². The lowest BCUT2D eigenvalue weighted by Crippen LogP contribution is -2.48. The first-order valence-corrected chi connectivity index (χ1v) is 10.2. The predicted molar refractivity (Wildman–Crippen MR) is 100 cm³/mol. The Hall–Kier alpha value is -0.950. The normalized spacial score (nSPS) is 30.8. The molecule has 1 aromatic rings. The van der Waals surface area contributed by atoms with Gasteiger partial charge in [-0.05, 0) is 32.3 Å². The minimum atomic E-state index is 0.112. The number of morpholine rings is 1. The number of rotatable bonds is 5. The number of aryl methyl sites for hydroxylation is 1. The third-order valence-electron chi connectivity index (χ3n) is 5.34. The molecule has 3 heterocycles. The monoisotopic (exact) mass is 366 g/mol. The lowest BCUT2D eigenvalue weighted by atomic mass is 9.96. The second kappa shape index (κ2) is 8.16. The molecule has 140 valence electrons. The van der Waals surface area contributed by atoms with Gasteiger partial charge in [0, 0.05) is 55.5 Å². The molecule has 2 aliphatic heterocycles. The Labute approximate surface area is 154 Å². The van der Waals surface area contributed by atoms with Crippen LogP contribution in [0.2, 0.25) is 0 Å². The first kappa shape index (κ1) is 18.8. The van der Waals surface area contributed by atoms with E-state index < -0.39 is 0 Å². The highest BCUT2D eigenvalue weighted by atomic mass is 32.1. The lowest BCUT2D eigenvalue weighted by Gasteiger charge is -2.37. The zero-order chi connectivity index (χ0) is 18.0. The zero-order valence-corrected chi connectivity index (χ0v) is 16.3. The van der Waals surface area contributed by atoms with Gasteiger partial charge in [-0.25, -0.2) is 0 Å². The van der Waals surface area contributed by atoms with Gasteiger partial charge in [-0.3, -0.25) is 9.69 Å². The molecule has 25 heavy (non-hydrogen) atoms. The van der Waals surface area contributed by atoms with Gasteiger partial charge in [-0.1, -0.05) is 6.92 Å². The summed E-state index contributed by atoms with van der Waals surface area (Å²) in [7, 11) is 0. The highest BCUT2D eigenvalue weighted by Crippen LogP contribution is 2.28. The van der Waals surface area contributed by atoms with Crippen LogP contribution in [0.15, 0.2) is 11.4 Å². The molecule has 0 unspecified atom stereocenters. The summed E-state index contributed by atoms with van der Waals surface area (Å²) in [6.45, 7) is 10.7. The van der Waals surface area contributed by atoms with Crippen molar-refractivity contribution in [2.24, 2.45) is 11.8 Å². The molecule has 2 fully saturated rings. The topological polar surface area (TPSA) is 53.0 Å². The number of likely N-dealkylation sites (tertiary alicyclic amines) is 1. The van der Waals surface area contributed by atoms with Crippen molar-refractivity contribution in [2.75, 3.05) is 39.3 Å². The van der Waals surface area contributed by atoms with Gasteiger partial charge in [-0.15, -0.1) is 11.3 Å². The summed E-state index contributed by atoms with van der Waals surface area (Å²) >= 11 is 1.65. The number of carbonyl (C=O) groups excluding carboxylic acids is 1. The van der Waals surface area contributed by atoms with Gasteiger partial charge < -0.3 is 14.7 Å². The molecule has 6 heteroatoms. The van der Waals surface area contributed by atoms with E-state index in [4.69, 9.17) is 4.74 Å². The lowest BCUT2D eigenvalue weighted by molar-refractivity contribution is -0.0726. The minimum Gasteiger partial charge on any atom is -0.396 e. The van der Waals surface area contributed by atoms with E-state index in [0.29, 0.717) is 12.5 Å². The number of nitrogens with zero attached hydrogens (tertiary/aromatic N) is 2. The van der Waals surface area contributed by atoms with Crippen LogP contribution >= 0.6 is 11.3 Å². The number of hydrogen-bond donors (Lipinski definition) is 1. The highest BCUT2D eigenvalue weighted by molar-refractivity contribution is 7.10. The molecule has 5 nitrogen and oxygen atoms in total. The van der Waals surface area contributed by atoms with Crippen molar-refractivity contribution in [3.05, 3.63) is 21.9 Å². The number of aliphatic hydroxyl groups is 1. The summed E-state index contributed by atoms with van der Waals surface area (Å²) in [5.41, 5.74) is 0.799. The fraction of sp³-hybridized carbons (Fsp3) is 0.737. The second-order valence-corrected chi connectivity index (χ2v) is 8.54. The first-order valence-electron chi connectivity index (χ1n) is 9.35. The Balaban J connectivity index is 1.62. The maximum absolute atomic E-state index is 12.8. The first-order chi connectivity index (χ1) is 12.0. The van der Waals surface area contributed by atoms with Gasteiger partial charge in [0.25, 0.3) is 5.91 Å². The van der Waals surface area contributed by atoms with E-state index in [9.17, 15) is 9.90 Å². The van der Waals surface area contributed by atoms with Crippen LogP contribution in [-0.2, 0) is 11.2 Å². The number of amides is 1. The van der Waals surface area contributed by atoms with E-state index in [0.717, 1.165) is 38.2 Å². The molecule has 1 aromatic heterocycles. The van der Waals surface area contributed by atoms with Gasteiger partial charge in [0.1, 0.15) is 0 Å². The Morgan fingerprint density at radius 2 is 1.92 bits per heavy atom. The zero-order valence-electron chi connectivity index (χ0n) is 15.5. The van der Waals surface area contributed by atoms with Gasteiger partial charge in [0.15, 0.2) is 0 Å². The van der Waals surface area contributed by atoms with Crippen molar-refractivity contribution in [3.63, 3.8) is 0 Å². The largest absolute Gasteiger partial charge is 0.396 e.